The van der Waals surface area contributed by atoms with Crippen LogP contribution in [-0.2, 0) is 27.3 Å². The largest absolute Gasteiger partial charge is 0.457 e. The summed E-state index contributed by atoms with van der Waals surface area (Å²) in [6, 6.07) is 6.78. The Kier molecular flexibility index (Phi) is 5.96. The molecule has 150 valence electrons. The number of benzene rings is 1. The minimum atomic E-state index is -0.520. The number of aryl methyl sites for hydroxylation is 2. The van der Waals surface area contributed by atoms with Gasteiger partial charge in [-0.05, 0) is 19.4 Å². The summed E-state index contributed by atoms with van der Waals surface area (Å²) < 4.78 is 6.72. The highest BCUT2D eigenvalue weighted by atomic mass is 16.5. The molecule has 0 saturated carbocycles. The van der Waals surface area contributed by atoms with Crippen molar-refractivity contribution >= 4 is 23.4 Å². The Morgan fingerprint density at radius 2 is 1.86 bits per heavy atom. The molecule has 0 unspecified atom stereocenters. The fourth-order valence-electron chi connectivity index (χ4n) is 2.87. The first-order chi connectivity index (χ1) is 13.8. The third kappa shape index (κ3) is 4.81. The fourth-order valence-corrected chi connectivity index (χ4v) is 2.87. The average Bonchev–Trinajstić information content (AvgIpc) is 3.16. The second-order valence-electron chi connectivity index (χ2n) is 6.60. The maximum absolute atomic E-state index is 12.3. The number of hydrogen-bond donors (Lipinski definition) is 1. The number of Topliss-reactive ketones (excluding diaryl/α,β-unsaturated/α-hetero) is 1. The Balaban J connectivity index is 1.58. The molecule has 0 bridgehead atoms. The summed E-state index contributed by atoms with van der Waals surface area (Å²) in [6.45, 7) is 5.10. The SMILES string of the molecule is CC(=O)NCc1ccc(C(=O)COC(=O)Cc2c(C)nc3ncnn3c2C)cc1. The normalized spacial score (nSPS) is 10.7. The summed E-state index contributed by atoms with van der Waals surface area (Å²) in [6.07, 6.45) is 1.39. The predicted octanol–water partition coefficient (Wildman–Crippen LogP) is 1.35. The highest BCUT2D eigenvalue weighted by molar-refractivity contribution is 5.98. The van der Waals surface area contributed by atoms with Crippen LogP contribution in [0.25, 0.3) is 5.78 Å². The quantitative estimate of drug-likeness (QED) is 0.474. The molecule has 0 aliphatic carbocycles. The Morgan fingerprint density at radius 3 is 2.55 bits per heavy atom. The molecule has 2 heterocycles. The third-order valence-corrected chi connectivity index (χ3v) is 4.49. The second kappa shape index (κ2) is 8.59. The van der Waals surface area contributed by atoms with E-state index in [-0.39, 0.29) is 24.7 Å². The standard InChI is InChI=1S/C20H21N5O4/c1-12-17(13(2)25-20(24-12)22-11-23-25)8-19(28)29-10-18(27)16-6-4-15(5-7-16)9-21-14(3)26/h4-7,11H,8-10H2,1-3H3,(H,21,26). The van der Waals surface area contributed by atoms with E-state index in [4.69, 9.17) is 4.74 Å². The molecule has 0 aliphatic rings. The minimum absolute atomic E-state index is 0.0105. The molecular formula is C20H21N5O4. The van der Waals surface area contributed by atoms with Crippen LogP contribution in [0, 0.1) is 13.8 Å². The predicted molar refractivity (Wildman–Crippen MR) is 103 cm³/mol. The highest BCUT2D eigenvalue weighted by Gasteiger charge is 2.16. The topological polar surface area (TPSA) is 116 Å². The van der Waals surface area contributed by atoms with Gasteiger partial charge in [-0.1, -0.05) is 24.3 Å². The lowest BCUT2D eigenvalue weighted by molar-refractivity contribution is -0.141. The Labute approximate surface area is 167 Å². The maximum Gasteiger partial charge on any atom is 0.310 e. The van der Waals surface area contributed by atoms with Crippen LogP contribution in [0.3, 0.4) is 0 Å². The number of carbonyl (C=O) groups excluding carboxylic acids is 3. The monoisotopic (exact) mass is 395 g/mol. The van der Waals surface area contributed by atoms with Crippen LogP contribution in [0.4, 0.5) is 0 Å². The number of hydrogen-bond acceptors (Lipinski definition) is 7. The average molecular weight is 395 g/mol. The molecule has 1 amide bonds. The van der Waals surface area contributed by atoms with E-state index in [0.29, 0.717) is 29.1 Å². The summed E-state index contributed by atoms with van der Waals surface area (Å²) in [4.78, 5) is 43.8. The molecule has 0 spiro atoms. The van der Waals surface area contributed by atoms with Crippen LogP contribution in [0.5, 0.6) is 0 Å². The van der Waals surface area contributed by atoms with E-state index in [1.54, 1.807) is 35.7 Å². The minimum Gasteiger partial charge on any atom is -0.457 e. The van der Waals surface area contributed by atoms with Crippen LogP contribution < -0.4 is 5.32 Å². The first-order valence-corrected chi connectivity index (χ1v) is 9.03. The van der Waals surface area contributed by atoms with Gasteiger partial charge in [-0.15, -0.1) is 0 Å². The molecule has 2 aromatic heterocycles. The van der Waals surface area contributed by atoms with Gasteiger partial charge in [0.25, 0.3) is 5.78 Å². The zero-order chi connectivity index (χ0) is 21.0. The van der Waals surface area contributed by atoms with Crippen molar-refractivity contribution in [2.45, 2.75) is 33.7 Å². The summed E-state index contributed by atoms with van der Waals surface area (Å²) in [5.41, 5.74) is 3.42. The van der Waals surface area contributed by atoms with Crippen LogP contribution in [0.2, 0.25) is 0 Å². The lowest BCUT2D eigenvalue weighted by Gasteiger charge is -2.10. The molecule has 1 N–H and O–H groups in total. The van der Waals surface area contributed by atoms with Crippen molar-refractivity contribution in [2.24, 2.45) is 0 Å². The van der Waals surface area contributed by atoms with Gasteiger partial charge in [-0.25, -0.2) is 9.50 Å². The van der Waals surface area contributed by atoms with Crippen LogP contribution in [0.1, 0.15) is 39.8 Å². The molecule has 9 nitrogen and oxygen atoms in total. The highest BCUT2D eigenvalue weighted by Crippen LogP contribution is 2.14. The van der Waals surface area contributed by atoms with Gasteiger partial charge in [0.2, 0.25) is 5.91 Å². The zero-order valence-electron chi connectivity index (χ0n) is 16.4. The Bertz CT molecular complexity index is 1070. The van der Waals surface area contributed by atoms with Crippen LogP contribution >= 0.6 is 0 Å². The molecule has 0 atom stereocenters. The van der Waals surface area contributed by atoms with Crippen molar-refractivity contribution in [1.82, 2.24) is 24.9 Å². The summed E-state index contributed by atoms with van der Waals surface area (Å²) >= 11 is 0. The lowest BCUT2D eigenvalue weighted by atomic mass is 10.1. The molecule has 0 aliphatic heterocycles. The maximum atomic E-state index is 12.3. The van der Waals surface area contributed by atoms with Crippen LogP contribution in [-0.4, -0.2) is 43.8 Å². The van der Waals surface area contributed by atoms with E-state index < -0.39 is 5.97 Å². The number of amides is 1. The Morgan fingerprint density at radius 1 is 1.14 bits per heavy atom. The zero-order valence-corrected chi connectivity index (χ0v) is 16.4. The van der Waals surface area contributed by atoms with E-state index >= 15 is 0 Å². The van der Waals surface area contributed by atoms with Gasteiger partial charge >= 0.3 is 5.97 Å². The van der Waals surface area contributed by atoms with Gasteiger partial charge in [0, 0.05) is 36.0 Å². The fraction of sp³-hybridized carbons (Fsp3) is 0.300. The molecule has 3 rings (SSSR count). The summed E-state index contributed by atoms with van der Waals surface area (Å²) in [7, 11) is 0. The van der Waals surface area contributed by atoms with Crippen molar-refractivity contribution in [1.29, 1.82) is 0 Å². The smallest absolute Gasteiger partial charge is 0.310 e. The molecule has 1 aromatic carbocycles. The van der Waals surface area contributed by atoms with Gasteiger partial charge in [0.05, 0.1) is 6.42 Å². The molecule has 9 heteroatoms. The summed E-state index contributed by atoms with van der Waals surface area (Å²) in [5, 5.41) is 6.77. The Hall–Kier alpha value is -3.62. The number of aromatic nitrogens is 4. The number of rotatable bonds is 7. The van der Waals surface area contributed by atoms with Gasteiger partial charge in [-0.2, -0.15) is 10.1 Å². The number of nitrogens with zero attached hydrogens (tertiary/aromatic N) is 4. The number of esters is 1. The van der Waals surface area contributed by atoms with Gasteiger partial charge < -0.3 is 10.1 Å². The number of ether oxygens (including phenoxy) is 1. The van der Waals surface area contributed by atoms with Gasteiger partial charge in [0.1, 0.15) is 6.33 Å². The molecule has 29 heavy (non-hydrogen) atoms. The van der Waals surface area contributed by atoms with E-state index in [9.17, 15) is 14.4 Å². The van der Waals surface area contributed by atoms with Crippen molar-refractivity contribution in [3.63, 3.8) is 0 Å². The molecule has 3 aromatic rings. The molecule has 0 fully saturated rings. The van der Waals surface area contributed by atoms with E-state index in [2.05, 4.69) is 20.4 Å². The number of nitrogens with one attached hydrogen (secondary N) is 1. The third-order valence-electron chi connectivity index (χ3n) is 4.49. The second-order valence-corrected chi connectivity index (χ2v) is 6.60. The van der Waals surface area contributed by atoms with Crippen LogP contribution in [0.15, 0.2) is 30.6 Å². The number of fused-ring (bicyclic) bond motifs is 1. The molecule has 0 radical (unpaired) electrons. The first kappa shape index (κ1) is 20.1. The van der Waals surface area contributed by atoms with E-state index in [0.717, 1.165) is 11.3 Å². The van der Waals surface area contributed by atoms with Gasteiger partial charge in [-0.3, -0.25) is 14.4 Å². The van der Waals surface area contributed by atoms with Crippen molar-refractivity contribution in [3.8, 4) is 0 Å². The first-order valence-electron chi connectivity index (χ1n) is 9.03. The van der Waals surface area contributed by atoms with Crippen molar-refractivity contribution in [2.75, 3.05) is 6.61 Å². The molecular weight excluding hydrogens is 374 g/mol. The number of carbonyl (C=O) groups is 3. The van der Waals surface area contributed by atoms with E-state index in [1.807, 2.05) is 6.92 Å². The van der Waals surface area contributed by atoms with Gasteiger partial charge in [0.15, 0.2) is 12.4 Å². The van der Waals surface area contributed by atoms with E-state index in [1.165, 1.54) is 13.3 Å². The van der Waals surface area contributed by atoms with Crippen molar-refractivity contribution in [3.05, 3.63) is 58.7 Å². The summed E-state index contributed by atoms with van der Waals surface area (Å²) in [5.74, 6) is -0.481. The lowest BCUT2D eigenvalue weighted by Crippen LogP contribution is -2.19. The molecule has 0 saturated heterocycles. The number of ketones is 1. The van der Waals surface area contributed by atoms with Crippen molar-refractivity contribution < 1.29 is 19.1 Å².